The van der Waals surface area contributed by atoms with E-state index in [1.807, 2.05) is 12.1 Å². The number of hydrogen-bond acceptors (Lipinski definition) is 2. The third kappa shape index (κ3) is 3.45. The van der Waals surface area contributed by atoms with Gasteiger partial charge in [0.25, 0.3) is 0 Å². The molecule has 2 heterocycles. The minimum atomic E-state index is -1.41. The summed E-state index contributed by atoms with van der Waals surface area (Å²) in [4.78, 5) is 5.20. The van der Waals surface area contributed by atoms with Gasteiger partial charge in [-0.25, -0.2) is 4.98 Å². The second kappa shape index (κ2) is 7.43. The molecule has 0 atom stereocenters. The van der Waals surface area contributed by atoms with E-state index in [-0.39, 0.29) is 0 Å². The van der Waals surface area contributed by atoms with Crippen LogP contribution in [0.15, 0.2) is 101 Å². The molecule has 3 heteroatoms. The summed E-state index contributed by atoms with van der Waals surface area (Å²) < 4.78 is 6.06. The van der Waals surface area contributed by atoms with Crippen molar-refractivity contribution in [3.05, 3.63) is 97.1 Å². The van der Waals surface area contributed by atoms with Gasteiger partial charge in [-0.15, -0.1) is 0 Å². The molecule has 160 valence electrons. The largest absolute Gasteiger partial charge is 0.456 e. The van der Waals surface area contributed by atoms with Gasteiger partial charge in [0.1, 0.15) is 11.2 Å². The summed E-state index contributed by atoms with van der Waals surface area (Å²) in [6, 6.07) is 34.3. The average Bonchev–Trinajstić information content (AvgIpc) is 3.21. The van der Waals surface area contributed by atoms with Gasteiger partial charge in [0.15, 0.2) is 0 Å². The monoisotopic (exact) mass is 443 g/mol. The van der Waals surface area contributed by atoms with Gasteiger partial charge in [-0.3, -0.25) is 0 Å². The maximum Gasteiger partial charge on any atom is 0.135 e. The molecule has 33 heavy (non-hydrogen) atoms. The van der Waals surface area contributed by atoms with Crippen LogP contribution in [-0.2, 0) is 0 Å². The van der Waals surface area contributed by atoms with E-state index in [9.17, 15) is 0 Å². The Morgan fingerprint density at radius 3 is 2.21 bits per heavy atom. The summed E-state index contributed by atoms with van der Waals surface area (Å²) in [6.07, 6.45) is 0. The minimum absolute atomic E-state index is 0.904. The molecule has 6 rings (SSSR count). The molecule has 6 aromatic rings. The quantitative estimate of drug-likeness (QED) is 0.259. The highest BCUT2D eigenvalue weighted by atomic mass is 28.3. The Morgan fingerprint density at radius 2 is 1.39 bits per heavy atom. The van der Waals surface area contributed by atoms with Crippen molar-refractivity contribution < 1.29 is 4.42 Å². The predicted molar refractivity (Wildman–Crippen MR) is 143 cm³/mol. The molecule has 0 saturated heterocycles. The molecule has 0 bridgehead atoms. The number of pyridine rings is 1. The molecule has 2 aromatic heterocycles. The van der Waals surface area contributed by atoms with Gasteiger partial charge in [-0.2, -0.15) is 0 Å². The normalized spacial score (nSPS) is 12.1. The molecule has 0 spiro atoms. The Labute approximate surface area is 194 Å². The smallest absolute Gasteiger partial charge is 0.135 e. The van der Waals surface area contributed by atoms with Crippen LogP contribution in [-0.4, -0.2) is 13.1 Å². The van der Waals surface area contributed by atoms with Gasteiger partial charge in [0.2, 0.25) is 0 Å². The molecular weight excluding hydrogens is 418 g/mol. The second-order valence-electron chi connectivity index (χ2n) is 9.72. The SMILES string of the molecule is C[Si](C)(C)c1ccc2nc(-c3ccc4oc5ccccc5c4c3)c(-c3ccccc3)cc2c1. The molecule has 2 nitrogen and oxygen atoms in total. The summed E-state index contributed by atoms with van der Waals surface area (Å²) in [6.45, 7) is 7.16. The van der Waals surface area contributed by atoms with Crippen molar-refractivity contribution in [3.8, 4) is 22.4 Å². The van der Waals surface area contributed by atoms with Crippen LogP contribution in [0.25, 0.3) is 55.2 Å². The number of para-hydroxylation sites is 1. The zero-order chi connectivity index (χ0) is 22.6. The van der Waals surface area contributed by atoms with Crippen LogP contribution in [0.4, 0.5) is 0 Å². The van der Waals surface area contributed by atoms with Gasteiger partial charge >= 0.3 is 0 Å². The number of benzene rings is 4. The van der Waals surface area contributed by atoms with Crippen molar-refractivity contribution >= 4 is 46.1 Å². The van der Waals surface area contributed by atoms with E-state index in [0.29, 0.717) is 0 Å². The Morgan fingerprint density at radius 1 is 0.636 bits per heavy atom. The lowest BCUT2D eigenvalue weighted by Gasteiger charge is -2.18. The molecular formula is C30H25NOSi. The zero-order valence-electron chi connectivity index (χ0n) is 19.1. The third-order valence-electron chi connectivity index (χ3n) is 6.42. The number of hydrogen-bond donors (Lipinski definition) is 0. The molecule has 0 unspecified atom stereocenters. The second-order valence-corrected chi connectivity index (χ2v) is 14.8. The highest BCUT2D eigenvalue weighted by Gasteiger charge is 2.18. The highest BCUT2D eigenvalue weighted by Crippen LogP contribution is 2.37. The lowest BCUT2D eigenvalue weighted by Crippen LogP contribution is -2.37. The van der Waals surface area contributed by atoms with Crippen molar-refractivity contribution in [1.29, 1.82) is 0 Å². The molecule has 0 radical (unpaired) electrons. The number of fused-ring (bicyclic) bond motifs is 4. The molecule has 0 N–H and O–H groups in total. The highest BCUT2D eigenvalue weighted by molar-refractivity contribution is 6.88. The lowest BCUT2D eigenvalue weighted by molar-refractivity contribution is 0.669. The molecule has 0 saturated carbocycles. The zero-order valence-corrected chi connectivity index (χ0v) is 20.1. The van der Waals surface area contributed by atoms with Crippen LogP contribution in [0.2, 0.25) is 19.6 Å². The van der Waals surface area contributed by atoms with Crippen molar-refractivity contribution in [2.24, 2.45) is 0 Å². The third-order valence-corrected chi connectivity index (χ3v) is 8.46. The van der Waals surface area contributed by atoms with E-state index < -0.39 is 8.07 Å². The number of aromatic nitrogens is 1. The summed E-state index contributed by atoms with van der Waals surface area (Å²) in [5.74, 6) is 0. The minimum Gasteiger partial charge on any atom is -0.456 e. The van der Waals surface area contributed by atoms with Crippen LogP contribution in [0.3, 0.4) is 0 Å². The Kier molecular flexibility index (Phi) is 4.49. The Bertz CT molecular complexity index is 1640. The molecule has 0 aliphatic heterocycles. The fraction of sp³-hybridized carbons (Fsp3) is 0.100. The van der Waals surface area contributed by atoms with E-state index in [1.165, 1.54) is 16.1 Å². The first-order chi connectivity index (χ1) is 16.0. The van der Waals surface area contributed by atoms with Gasteiger partial charge < -0.3 is 4.42 Å². The molecule has 0 aliphatic carbocycles. The molecule has 0 fully saturated rings. The summed E-state index contributed by atoms with van der Waals surface area (Å²) in [5, 5.41) is 4.91. The maximum absolute atomic E-state index is 6.06. The fourth-order valence-corrected chi connectivity index (χ4v) is 5.75. The van der Waals surface area contributed by atoms with Crippen molar-refractivity contribution in [3.63, 3.8) is 0 Å². The number of nitrogens with zero attached hydrogens (tertiary/aromatic N) is 1. The first kappa shape index (κ1) is 20.0. The topological polar surface area (TPSA) is 26.0 Å². The average molecular weight is 444 g/mol. The Hall–Kier alpha value is -3.69. The number of rotatable bonds is 3. The predicted octanol–water partition coefficient (Wildman–Crippen LogP) is 8.01. The van der Waals surface area contributed by atoms with Crippen LogP contribution >= 0.6 is 0 Å². The van der Waals surface area contributed by atoms with Crippen molar-refractivity contribution in [2.45, 2.75) is 19.6 Å². The van der Waals surface area contributed by atoms with E-state index in [0.717, 1.165) is 44.3 Å². The molecule has 0 aliphatic rings. The van der Waals surface area contributed by atoms with E-state index in [2.05, 4.69) is 105 Å². The van der Waals surface area contributed by atoms with Crippen LogP contribution < -0.4 is 5.19 Å². The van der Waals surface area contributed by atoms with E-state index in [4.69, 9.17) is 9.40 Å². The summed E-state index contributed by atoms with van der Waals surface area (Å²) >= 11 is 0. The summed E-state index contributed by atoms with van der Waals surface area (Å²) in [7, 11) is -1.41. The van der Waals surface area contributed by atoms with Crippen LogP contribution in [0.1, 0.15) is 0 Å². The summed E-state index contributed by atoms with van der Waals surface area (Å²) in [5.41, 5.74) is 7.29. The maximum atomic E-state index is 6.06. The van der Waals surface area contributed by atoms with Crippen LogP contribution in [0.5, 0.6) is 0 Å². The van der Waals surface area contributed by atoms with Gasteiger partial charge in [-0.1, -0.05) is 85.5 Å². The van der Waals surface area contributed by atoms with E-state index in [1.54, 1.807) is 0 Å². The van der Waals surface area contributed by atoms with Crippen LogP contribution in [0, 0.1) is 0 Å². The van der Waals surface area contributed by atoms with Crippen molar-refractivity contribution in [1.82, 2.24) is 4.98 Å². The lowest BCUT2D eigenvalue weighted by atomic mass is 9.96. The van der Waals surface area contributed by atoms with Crippen molar-refractivity contribution in [2.75, 3.05) is 0 Å². The number of furan rings is 1. The first-order valence-electron chi connectivity index (χ1n) is 11.4. The van der Waals surface area contributed by atoms with Gasteiger partial charge in [-0.05, 0) is 42.0 Å². The standard InChI is InChI=1S/C30H25NOSi/c1-33(2,3)23-14-15-27-22(17-23)19-25(20-9-5-4-6-10-20)30(31-27)21-13-16-29-26(18-21)24-11-7-8-12-28(24)32-29/h4-19H,1-3H3. The van der Waals surface area contributed by atoms with E-state index >= 15 is 0 Å². The van der Waals surface area contributed by atoms with Gasteiger partial charge in [0.05, 0.1) is 19.3 Å². The molecule has 4 aromatic carbocycles. The van der Waals surface area contributed by atoms with Gasteiger partial charge in [0, 0.05) is 27.3 Å². The Balaban J connectivity index is 1.63. The first-order valence-corrected chi connectivity index (χ1v) is 14.9. The fourth-order valence-electron chi connectivity index (χ4n) is 4.57. The molecule has 0 amide bonds.